The molecule has 1 amide bonds. The molecule has 0 bridgehead atoms. The van der Waals surface area contributed by atoms with Gasteiger partial charge >= 0.3 is 5.97 Å². The van der Waals surface area contributed by atoms with Gasteiger partial charge in [0.15, 0.2) is 0 Å². The Bertz CT molecular complexity index is 603. The molecule has 1 aromatic carbocycles. The van der Waals surface area contributed by atoms with E-state index in [2.05, 4.69) is 0 Å². The Morgan fingerprint density at radius 2 is 2.08 bits per heavy atom. The summed E-state index contributed by atoms with van der Waals surface area (Å²) in [6.07, 6.45) is 1.97. The maximum absolute atomic E-state index is 12.8. The van der Waals surface area contributed by atoms with Gasteiger partial charge in [0.2, 0.25) is 5.91 Å². The van der Waals surface area contributed by atoms with Gasteiger partial charge in [-0.15, -0.1) is 0 Å². The lowest BCUT2D eigenvalue weighted by molar-refractivity contribution is -0.161. The van der Waals surface area contributed by atoms with Gasteiger partial charge in [0.25, 0.3) is 0 Å². The summed E-state index contributed by atoms with van der Waals surface area (Å²) in [6, 6.07) is 7.68. The molecule has 1 heterocycles. The van der Waals surface area contributed by atoms with Crippen molar-refractivity contribution in [1.82, 2.24) is 4.90 Å². The smallest absolute Gasteiger partial charge is 0.314 e. The molecule has 25 heavy (non-hydrogen) atoms. The first kappa shape index (κ1) is 19.2. The topological polar surface area (TPSA) is 65.1 Å². The first-order valence-electron chi connectivity index (χ1n) is 8.61. The van der Waals surface area contributed by atoms with Crippen molar-refractivity contribution in [1.29, 1.82) is 0 Å². The molecule has 6 nitrogen and oxygen atoms in total. The number of esters is 1. The van der Waals surface area contributed by atoms with Gasteiger partial charge in [-0.1, -0.05) is 12.1 Å². The van der Waals surface area contributed by atoms with E-state index in [4.69, 9.17) is 14.2 Å². The van der Waals surface area contributed by atoms with Crippen LogP contribution in [0.25, 0.3) is 0 Å². The van der Waals surface area contributed by atoms with Crippen LogP contribution in [0.4, 0.5) is 0 Å². The van der Waals surface area contributed by atoms with Crippen LogP contribution in [0, 0.1) is 5.41 Å². The lowest BCUT2D eigenvalue weighted by Crippen LogP contribution is -2.52. The van der Waals surface area contributed by atoms with Crippen molar-refractivity contribution in [2.24, 2.45) is 5.41 Å². The van der Waals surface area contributed by atoms with Crippen LogP contribution in [-0.4, -0.2) is 57.3 Å². The second-order valence-corrected chi connectivity index (χ2v) is 6.38. The average molecular weight is 349 g/mol. The van der Waals surface area contributed by atoms with E-state index >= 15 is 0 Å². The number of methoxy groups -OCH3 is 2. The highest BCUT2D eigenvalue weighted by Gasteiger charge is 2.44. The van der Waals surface area contributed by atoms with Crippen molar-refractivity contribution in [2.45, 2.75) is 26.2 Å². The number of carbonyl (C=O) groups excluding carboxylic acids is 2. The second-order valence-electron chi connectivity index (χ2n) is 6.38. The SMILES string of the molecule is CCOC(=O)[C@]1(Cc2cccc(OC)c2)CCCN(C(=O)COC)C1. The minimum atomic E-state index is -0.732. The molecule has 0 radical (unpaired) electrons. The second kappa shape index (κ2) is 8.85. The number of carbonyl (C=O) groups is 2. The minimum absolute atomic E-state index is 0.0259. The summed E-state index contributed by atoms with van der Waals surface area (Å²) in [7, 11) is 3.11. The molecule has 0 saturated carbocycles. The van der Waals surface area contributed by atoms with Crippen LogP contribution < -0.4 is 4.74 Å². The van der Waals surface area contributed by atoms with E-state index in [1.165, 1.54) is 7.11 Å². The molecule has 0 N–H and O–H groups in total. The van der Waals surface area contributed by atoms with Gasteiger partial charge in [0.05, 0.1) is 19.1 Å². The summed E-state index contributed by atoms with van der Waals surface area (Å²) >= 11 is 0. The third kappa shape index (κ3) is 4.72. The Morgan fingerprint density at radius 1 is 1.28 bits per heavy atom. The zero-order valence-corrected chi connectivity index (χ0v) is 15.2. The molecular formula is C19H27NO5. The molecule has 6 heteroatoms. The summed E-state index contributed by atoms with van der Waals surface area (Å²) in [4.78, 5) is 26.7. The summed E-state index contributed by atoms with van der Waals surface area (Å²) in [5, 5.41) is 0. The van der Waals surface area contributed by atoms with Gasteiger partial charge < -0.3 is 19.1 Å². The Kier molecular flexibility index (Phi) is 6.82. The van der Waals surface area contributed by atoms with Gasteiger partial charge in [0.1, 0.15) is 12.4 Å². The highest BCUT2D eigenvalue weighted by molar-refractivity contribution is 5.81. The summed E-state index contributed by atoms with van der Waals surface area (Å²) in [6.45, 7) is 3.14. The van der Waals surface area contributed by atoms with Gasteiger partial charge in [-0.25, -0.2) is 0 Å². The van der Waals surface area contributed by atoms with E-state index in [0.717, 1.165) is 17.7 Å². The number of amides is 1. The van der Waals surface area contributed by atoms with Crippen molar-refractivity contribution < 1.29 is 23.8 Å². The van der Waals surface area contributed by atoms with Crippen LogP contribution in [0.2, 0.25) is 0 Å². The lowest BCUT2D eigenvalue weighted by Gasteiger charge is -2.41. The Balaban J connectivity index is 2.27. The quantitative estimate of drug-likeness (QED) is 0.705. The lowest BCUT2D eigenvalue weighted by atomic mass is 9.75. The molecule has 2 rings (SSSR count). The molecule has 1 atom stereocenters. The molecule has 1 aliphatic heterocycles. The predicted molar refractivity (Wildman–Crippen MR) is 93.5 cm³/mol. The zero-order valence-electron chi connectivity index (χ0n) is 15.2. The molecule has 1 fully saturated rings. The number of hydrogen-bond acceptors (Lipinski definition) is 5. The van der Waals surface area contributed by atoms with E-state index in [0.29, 0.717) is 32.5 Å². The van der Waals surface area contributed by atoms with Gasteiger partial charge in [-0.05, 0) is 43.9 Å². The van der Waals surface area contributed by atoms with E-state index in [1.54, 1.807) is 18.9 Å². The maximum Gasteiger partial charge on any atom is 0.314 e. The number of nitrogens with zero attached hydrogens (tertiary/aromatic N) is 1. The minimum Gasteiger partial charge on any atom is -0.497 e. The average Bonchev–Trinajstić information content (AvgIpc) is 2.62. The van der Waals surface area contributed by atoms with Crippen molar-refractivity contribution >= 4 is 11.9 Å². The Morgan fingerprint density at radius 3 is 2.76 bits per heavy atom. The van der Waals surface area contributed by atoms with E-state index < -0.39 is 5.41 Å². The number of rotatable bonds is 7. The number of benzene rings is 1. The molecule has 0 spiro atoms. The number of piperidine rings is 1. The molecular weight excluding hydrogens is 322 g/mol. The summed E-state index contributed by atoms with van der Waals surface area (Å²) in [5.74, 6) is 0.411. The monoisotopic (exact) mass is 349 g/mol. The molecule has 1 saturated heterocycles. The van der Waals surface area contributed by atoms with Crippen LogP contribution >= 0.6 is 0 Å². The number of likely N-dealkylation sites (tertiary alicyclic amines) is 1. The van der Waals surface area contributed by atoms with Crippen molar-refractivity contribution in [3.8, 4) is 5.75 Å². The van der Waals surface area contributed by atoms with Gasteiger partial charge in [-0.3, -0.25) is 9.59 Å². The standard InChI is InChI=1S/C19H27NO5/c1-4-25-18(22)19(12-15-7-5-8-16(11-15)24-3)9-6-10-20(14-19)17(21)13-23-2/h5,7-8,11H,4,6,9-10,12-14H2,1-3H3/t19-/m0/s1. The molecule has 1 aromatic rings. The van der Waals surface area contributed by atoms with Crippen molar-refractivity contribution in [2.75, 3.05) is 40.5 Å². The zero-order chi connectivity index (χ0) is 18.3. The molecule has 0 unspecified atom stereocenters. The molecule has 0 aliphatic carbocycles. The van der Waals surface area contributed by atoms with Crippen LogP contribution in [0.1, 0.15) is 25.3 Å². The maximum atomic E-state index is 12.8. The van der Waals surface area contributed by atoms with Gasteiger partial charge in [-0.2, -0.15) is 0 Å². The fourth-order valence-electron chi connectivity index (χ4n) is 3.40. The molecule has 0 aromatic heterocycles. The van der Waals surface area contributed by atoms with Crippen molar-refractivity contribution in [3.05, 3.63) is 29.8 Å². The number of ether oxygens (including phenoxy) is 3. The Labute approximate surface area is 149 Å². The first-order chi connectivity index (χ1) is 12.0. The van der Waals surface area contributed by atoms with Gasteiger partial charge in [0, 0.05) is 20.2 Å². The largest absolute Gasteiger partial charge is 0.497 e. The van der Waals surface area contributed by atoms with E-state index in [9.17, 15) is 9.59 Å². The summed E-state index contributed by atoms with van der Waals surface area (Å²) in [5.41, 5.74) is 0.262. The van der Waals surface area contributed by atoms with Crippen LogP contribution in [-0.2, 0) is 25.5 Å². The normalized spacial score (nSPS) is 20.2. The first-order valence-corrected chi connectivity index (χ1v) is 8.61. The van der Waals surface area contributed by atoms with Crippen LogP contribution in [0.3, 0.4) is 0 Å². The van der Waals surface area contributed by atoms with E-state index in [-0.39, 0.29) is 18.5 Å². The van der Waals surface area contributed by atoms with Crippen LogP contribution in [0.5, 0.6) is 5.75 Å². The highest BCUT2D eigenvalue weighted by Crippen LogP contribution is 2.36. The molecule has 1 aliphatic rings. The number of hydrogen-bond donors (Lipinski definition) is 0. The van der Waals surface area contributed by atoms with E-state index in [1.807, 2.05) is 24.3 Å². The highest BCUT2D eigenvalue weighted by atomic mass is 16.5. The predicted octanol–water partition coefficient (Wildman–Crippen LogP) is 2.06. The third-order valence-corrected chi connectivity index (χ3v) is 4.58. The fourth-order valence-corrected chi connectivity index (χ4v) is 3.40. The fraction of sp³-hybridized carbons (Fsp3) is 0.579. The van der Waals surface area contributed by atoms with Crippen LogP contribution in [0.15, 0.2) is 24.3 Å². The third-order valence-electron chi connectivity index (χ3n) is 4.58. The Hall–Kier alpha value is -2.08. The summed E-state index contributed by atoms with van der Waals surface area (Å²) < 4.78 is 15.6. The molecule has 138 valence electrons. The van der Waals surface area contributed by atoms with Crippen molar-refractivity contribution in [3.63, 3.8) is 0 Å².